The zero-order valence-electron chi connectivity index (χ0n) is 10.3. The van der Waals surface area contributed by atoms with Gasteiger partial charge in [-0.1, -0.05) is 0 Å². The molecule has 0 aliphatic carbocycles. The number of carbonyl (C=O) groups is 1. The third kappa shape index (κ3) is 2.70. The number of ether oxygens (including phenoxy) is 1. The number of aliphatic carboxylic acids is 1. The fourth-order valence-electron chi connectivity index (χ4n) is 2.23. The predicted molar refractivity (Wildman–Crippen MR) is 67.0 cm³/mol. The van der Waals surface area contributed by atoms with Crippen molar-refractivity contribution in [2.75, 3.05) is 6.73 Å². The van der Waals surface area contributed by atoms with E-state index in [1.54, 1.807) is 19.1 Å². The summed E-state index contributed by atoms with van der Waals surface area (Å²) in [6, 6.07) is 3.29. The molecule has 0 fully saturated rings. The van der Waals surface area contributed by atoms with Gasteiger partial charge in [0, 0.05) is 0 Å². The van der Waals surface area contributed by atoms with Gasteiger partial charge in [0.05, 0.1) is 12.5 Å². The van der Waals surface area contributed by atoms with E-state index in [2.05, 4.69) is 4.85 Å². The van der Waals surface area contributed by atoms with Gasteiger partial charge in [0.25, 0.3) is 0 Å². The highest BCUT2D eigenvalue weighted by molar-refractivity contribution is 6.62. The van der Waals surface area contributed by atoms with Crippen LogP contribution in [0, 0.1) is 13.5 Å². The fraction of sp³-hybridized carbons (Fsp3) is 0.333. The van der Waals surface area contributed by atoms with Crippen molar-refractivity contribution in [1.29, 1.82) is 0 Å². The quantitative estimate of drug-likeness (QED) is 0.608. The van der Waals surface area contributed by atoms with Crippen LogP contribution in [0.2, 0.25) is 0 Å². The van der Waals surface area contributed by atoms with Gasteiger partial charge in [0.2, 0.25) is 0 Å². The van der Waals surface area contributed by atoms with Crippen molar-refractivity contribution < 1.29 is 24.3 Å². The fourth-order valence-corrected chi connectivity index (χ4v) is 2.23. The molecule has 1 unspecified atom stereocenters. The first-order valence-electron chi connectivity index (χ1n) is 5.68. The molecule has 0 saturated carbocycles. The molecule has 19 heavy (non-hydrogen) atoms. The van der Waals surface area contributed by atoms with Gasteiger partial charge in [-0.05, 0) is 35.6 Å². The van der Waals surface area contributed by atoms with Gasteiger partial charge < -0.3 is 19.5 Å². The second-order valence-electron chi connectivity index (χ2n) is 4.25. The van der Waals surface area contributed by atoms with Gasteiger partial charge in [-0.25, -0.2) is 6.57 Å². The van der Waals surface area contributed by atoms with Crippen molar-refractivity contribution in [2.24, 2.45) is 0 Å². The van der Waals surface area contributed by atoms with Crippen LogP contribution >= 0.6 is 0 Å². The maximum atomic E-state index is 10.8. The largest absolute Gasteiger partial charge is 0.492 e. The molecule has 1 aromatic rings. The van der Waals surface area contributed by atoms with E-state index < -0.39 is 19.2 Å². The summed E-state index contributed by atoms with van der Waals surface area (Å²) in [6.07, 6.45) is -0.856. The van der Waals surface area contributed by atoms with Crippen LogP contribution in [0.15, 0.2) is 12.1 Å². The van der Waals surface area contributed by atoms with Gasteiger partial charge in [0.15, 0.2) is 0 Å². The van der Waals surface area contributed by atoms with Crippen LogP contribution in [0.1, 0.15) is 23.7 Å². The average Bonchev–Trinajstić information content (AvgIpc) is 2.63. The molecule has 2 rings (SSSR count). The second-order valence-corrected chi connectivity index (χ2v) is 4.25. The maximum absolute atomic E-state index is 10.8. The molecule has 0 radical (unpaired) electrons. The van der Waals surface area contributed by atoms with E-state index >= 15 is 0 Å². The lowest BCUT2D eigenvalue weighted by Gasteiger charge is -2.12. The number of rotatable bonds is 4. The summed E-state index contributed by atoms with van der Waals surface area (Å²) in [6.45, 7) is 8.36. The maximum Gasteiger partial charge on any atom is 0.492 e. The SMILES string of the molecule is [C-]#[N+]COc1cc(C)c2c(c1)B(O)OC2CC(=O)O. The molecule has 2 N–H and O–H groups in total. The van der Waals surface area contributed by atoms with Crippen molar-refractivity contribution in [2.45, 2.75) is 19.4 Å². The summed E-state index contributed by atoms with van der Waals surface area (Å²) >= 11 is 0. The Hall–Kier alpha value is -2.04. The smallest absolute Gasteiger partial charge is 0.481 e. The van der Waals surface area contributed by atoms with Gasteiger partial charge in [0.1, 0.15) is 5.75 Å². The van der Waals surface area contributed by atoms with E-state index in [0.29, 0.717) is 16.8 Å². The Balaban J connectivity index is 2.34. The molecule has 0 bridgehead atoms. The van der Waals surface area contributed by atoms with Gasteiger partial charge in [-0.2, -0.15) is 0 Å². The van der Waals surface area contributed by atoms with Crippen LogP contribution in [-0.4, -0.2) is 29.9 Å². The lowest BCUT2D eigenvalue weighted by atomic mass is 9.77. The Morgan fingerprint density at radius 3 is 3.00 bits per heavy atom. The van der Waals surface area contributed by atoms with Crippen molar-refractivity contribution in [3.8, 4) is 5.75 Å². The highest BCUT2D eigenvalue weighted by Crippen LogP contribution is 2.31. The topological polar surface area (TPSA) is 80.3 Å². The summed E-state index contributed by atoms with van der Waals surface area (Å²) in [4.78, 5) is 13.9. The van der Waals surface area contributed by atoms with E-state index in [1.807, 2.05) is 0 Å². The minimum Gasteiger partial charge on any atom is -0.481 e. The van der Waals surface area contributed by atoms with Gasteiger partial charge in [-0.3, -0.25) is 9.64 Å². The summed E-state index contributed by atoms with van der Waals surface area (Å²) in [5.41, 5.74) is 1.97. The summed E-state index contributed by atoms with van der Waals surface area (Å²) in [7, 11) is -1.16. The first-order chi connectivity index (χ1) is 9.02. The van der Waals surface area contributed by atoms with E-state index in [4.69, 9.17) is 21.1 Å². The predicted octanol–water partition coefficient (Wildman–Crippen LogP) is 0.484. The second kappa shape index (κ2) is 5.30. The van der Waals surface area contributed by atoms with Crippen LogP contribution in [0.5, 0.6) is 5.75 Å². The Kier molecular flexibility index (Phi) is 3.74. The zero-order chi connectivity index (χ0) is 14.0. The van der Waals surface area contributed by atoms with E-state index in [-0.39, 0.29) is 13.2 Å². The number of aryl methyl sites for hydroxylation is 1. The summed E-state index contributed by atoms with van der Waals surface area (Å²) in [5, 5.41) is 18.6. The molecule has 0 spiro atoms. The number of benzene rings is 1. The molecular formula is C12H12BNO5. The van der Waals surface area contributed by atoms with E-state index in [1.165, 1.54) is 0 Å². The molecule has 0 saturated heterocycles. The highest BCUT2D eigenvalue weighted by atomic mass is 16.5. The molecule has 98 valence electrons. The minimum absolute atomic E-state index is 0.103. The Labute approximate surface area is 110 Å². The average molecular weight is 261 g/mol. The first-order valence-corrected chi connectivity index (χ1v) is 5.68. The third-order valence-corrected chi connectivity index (χ3v) is 2.93. The van der Waals surface area contributed by atoms with Crippen molar-refractivity contribution in [3.05, 3.63) is 34.7 Å². The molecule has 0 aromatic heterocycles. The van der Waals surface area contributed by atoms with Crippen molar-refractivity contribution in [1.82, 2.24) is 0 Å². The molecule has 7 heteroatoms. The van der Waals surface area contributed by atoms with E-state index in [0.717, 1.165) is 5.56 Å². The van der Waals surface area contributed by atoms with Crippen LogP contribution < -0.4 is 10.2 Å². The van der Waals surface area contributed by atoms with Crippen LogP contribution in [-0.2, 0) is 9.45 Å². The molecule has 6 nitrogen and oxygen atoms in total. The number of nitrogens with zero attached hydrogens (tertiary/aromatic N) is 1. The van der Waals surface area contributed by atoms with Crippen molar-refractivity contribution >= 4 is 18.6 Å². The third-order valence-electron chi connectivity index (χ3n) is 2.93. The first kappa shape index (κ1) is 13.4. The number of carboxylic acid groups (broad SMARTS) is 1. The monoisotopic (exact) mass is 261 g/mol. The Morgan fingerprint density at radius 2 is 2.37 bits per heavy atom. The van der Waals surface area contributed by atoms with Crippen LogP contribution in [0.25, 0.3) is 4.85 Å². The van der Waals surface area contributed by atoms with Crippen LogP contribution in [0.4, 0.5) is 0 Å². The lowest BCUT2D eigenvalue weighted by molar-refractivity contribution is -0.138. The summed E-state index contributed by atoms with van der Waals surface area (Å²) in [5.74, 6) is -0.524. The number of hydrogen-bond acceptors (Lipinski definition) is 4. The molecule has 0 amide bonds. The molecular weight excluding hydrogens is 249 g/mol. The number of hydrogen-bond donors (Lipinski definition) is 2. The molecule has 1 atom stereocenters. The van der Waals surface area contributed by atoms with Crippen LogP contribution in [0.3, 0.4) is 0 Å². The summed E-state index contributed by atoms with van der Waals surface area (Å²) < 4.78 is 10.4. The van der Waals surface area contributed by atoms with E-state index in [9.17, 15) is 9.82 Å². The normalized spacial score (nSPS) is 16.9. The standard InChI is InChI=1S/C12H12BNO5/c1-7-3-8(18-6-14-2)4-9-12(7)10(5-11(15)16)19-13(9)17/h3-4,10,17H,5-6H2,1H3,(H,15,16). The lowest BCUT2D eigenvalue weighted by Crippen LogP contribution is -2.28. The number of fused-ring (bicyclic) bond motifs is 1. The molecule has 1 heterocycles. The van der Waals surface area contributed by atoms with Gasteiger partial charge >= 0.3 is 19.8 Å². The molecule has 1 aromatic carbocycles. The van der Waals surface area contributed by atoms with Crippen molar-refractivity contribution in [3.63, 3.8) is 0 Å². The molecule has 1 aliphatic heterocycles. The zero-order valence-corrected chi connectivity index (χ0v) is 10.3. The highest BCUT2D eigenvalue weighted by Gasteiger charge is 2.37. The minimum atomic E-state index is -1.16. The Bertz CT molecular complexity index is 554. The number of carboxylic acids is 1. The van der Waals surface area contributed by atoms with Gasteiger partial charge in [-0.15, -0.1) is 0 Å². The molecule has 1 aliphatic rings. The Morgan fingerprint density at radius 1 is 1.63 bits per heavy atom.